The number of benzene rings is 1. The zero-order chi connectivity index (χ0) is 18.8. The predicted octanol–water partition coefficient (Wildman–Crippen LogP) is 1.32. The summed E-state index contributed by atoms with van der Waals surface area (Å²) in [5, 5.41) is 19.7. The summed E-state index contributed by atoms with van der Waals surface area (Å²) in [6, 6.07) is 7.63. The molecule has 2 saturated carbocycles. The molecule has 2 fully saturated rings. The maximum Gasteiger partial charge on any atom is 0.317 e. The number of hydrogen-bond acceptors (Lipinski definition) is 5. The van der Waals surface area contributed by atoms with Crippen LogP contribution in [0.5, 0.6) is 0 Å². The Bertz CT molecular complexity index is 795. The summed E-state index contributed by atoms with van der Waals surface area (Å²) < 4.78 is 1.77. The lowest BCUT2D eigenvalue weighted by Crippen LogP contribution is -2.55. The normalized spacial score (nSPS) is 21.7. The summed E-state index contributed by atoms with van der Waals surface area (Å²) in [5.74, 6) is -0.223. The van der Waals surface area contributed by atoms with E-state index < -0.39 is 5.97 Å². The largest absolute Gasteiger partial charge is 0.480 e. The van der Waals surface area contributed by atoms with Crippen LogP contribution in [0.1, 0.15) is 36.0 Å². The first-order valence-electron chi connectivity index (χ1n) is 9.30. The minimum Gasteiger partial charge on any atom is -0.480 e. The van der Waals surface area contributed by atoms with Crippen LogP contribution in [-0.4, -0.2) is 61.8 Å². The second-order valence-electron chi connectivity index (χ2n) is 7.48. The molecule has 27 heavy (non-hydrogen) atoms. The number of carbonyl (C=O) groups excluding carboxylic acids is 1. The van der Waals surface area contributed by atoms with Crippen molar-refractivity contribution in [2.75, 3.05) is 13.1 Å². The lowest BCUT2D eigenvalue weighted by atomic mass is 9.85. The van der Waals surface area contributed by atoms with E-state index >= 15 is 0 Å². The van der Waals surface area contributed by atoms with Crippen LogP contribution in [0, 0.1) is 5.92 Å². The highest BCUT2D eigenvalue weighted by Gasteiger charge is 2.37. The molecule has 1 amide bonds. The van der Waals surface area contributed by atoms with Gasteiger partial charge < -0.3 is 10.4 Å². The van der Waals surface area contributed by atoms with E-state index in [0.717, 1.165) is 25.1 Å². The minimum absolute atomic E-state index is 0.0897. The average molecular weight is 369 g/mol. The van der Waals surface area contributed by atoms with E-state index in [-0.39, 0.29) is 24.5 Å². The van der Waals surface area contributed by atoms with Gasteiger partial charge in [0.05, 0.1) is 6.54 Å². The number of hydrogen-bond donors (Lipinski definition) is 2. The van der Waals surface area contributed by atoms with Gasteiger partial charge >= 0.3 is 5.97 Å². The molecule has 2 N–H and O–H groups in total. The van der Waals surface area contributed by atoms with Gasteiger partial charge in [-0.1, -0.05) is 0 Å². The first kappa shape index (κ1) is 17.7. The average Bonchev–Trinajstić information content (AvgIpc) is 3.26. The van der Waals surface area contributed by atoms with Gasteiger partial charge in [0.1, 0.15) is 12.7 Å². The summed E-state index contributed by atoms with van der Waals surface area (Å²) in [7, 11) is 0. The molecule has 1 aromatic heterocycles. The smallest absolute Gasteiger partial charge is 0.317 e. The number of carboxylic acids is 1. The van der Waals surface area contributed by atoms with E-state index in [2.05, 4.69) is 20.4 Å². The number of aliphatic carboxylic acids is 1. The summed E-state index contributed by atoms with van der Waals surface area (Å²) in [5.41, 5.74) is 1.50. The fraction of sp³-hybridized carbons (Fsp3) is 0.474. The van der Waals surface area contributed by atoms with Gasteiger partial charge in [-0.2, -0.15) is 0 Å². The van der Waals surface area contributed by atoms with Crippen molar-refractivity contribution in [2.24, 2.45) is 5.92 Å². The molecule has 8 nitrogen and oxygen atoms in total. The van der Waals surface area contributed by atoms with Crippen molar-refractivity contribution in [3.05, 3.63) is 42.5 Å². The topological polar surface area (TPSA) is 100 Å². The van der Waals surface area contributed by atoms with Crippen LogP contribution < -0.4 is 5.32 Å². The standard InChI is InChI=1S/C19H23N5O3/c25-18(26)10-23(9-13-1-2-13)17-7-15(8-17)22-19(27)14-3-5-16(6-4-14)24-11-20-21-12-24/h3-6,11-13,15,17H,1-2,7-10H2,(H,22,27)(H,25,26). The zero-order valence-electron chi connectivity index (χ0n) is 15.0. The molecule has 1 aromatic carbocycles. The van der Waals surface area contributed by atoms with Gasteiger partial charge in [0.25, 0.3) is 5.91 Å². The predicted molar refractivity (Wildman–Crippen MR) is 97.6 cm³/mol. The van der Waals surface area contributed by atoms with Crippen LogP contribution in [0.4, 0.5) is 0 Å². The summed E-state index contributed by atoms with van der Waals surface area (Å²) in [6.45, 7) is 0.953. The van der Waals surface area contributed by atoms with E-state index in [1.54, 1.807) is 29.4 Å². The van der Waals surface area contributed by atoms with Crippen molar-refractivity contribution in [3.8, 4) is 5.69 Å². The van der Waals surface area contributed by atoms with E-state index in [4.69, 9.17) is 5.11 Å². The first-order valence-corrected chi connectivity index (χ1v) is 9.30. The Morgan fingerprint density at radius 1 is 1.15 bits per heavy atom. The summed E-state index contributed by atoms with van der Waals surface area (Å²) in [6.07, 6.45) is 7.24. The molecule has 0 unspecified atom stereocenters. The van der Waals surface area contributed by atoms with Gasteiger partial charge in [0.2, 0.25) is 0 Å². The minimum atomic E-state index is -0.781. The number of aromatic nitrogens is 3. The second kappa shape index (κ2) is 7.48. The number of carboxylic acid groups (broad SMARTS) is 1. The Morgan fingerprint density at radius 3 is 2.41 bits per heavy atom. The molecule has 0 atom stereocenters. The van der Waals surface area contributed by atoms with Crippen molar-refractivity contribution in [2.45, 2.75) is 37.8 Å². The van der Waals surface area contributed by atoms with Crippen LogP contribution in [0.3, 0.4) is 0 Å². The molecule has 0 saturated heterocycles. The van der Waals surface area contributed by atoms with Gasteiger partial charge in [0, 0.05) is 29.9 Å². The molecule has 0 bridgehead atoms. The quantitative estimate of drug-likeness (QED) is 0.728. The first-order chi connectivity index (χ1) is 13.1. The van der Waals surface area contributed by atoms with Gasteiger partial charge in [-0.25, -0.2) is 0 Å². The van der Waals surface area contributed by atoms with Crippen LogP contribution in [0.2, 0.25) is 0 Å². The van der Waals surface area contributed by atoms with Gasteiger partial charge in [-0.15, -0.1) is 10.2 Å². The van der Waals surface area contributed by atoms with E-state index in [1.165, 1.54) is 12.8 Å². The van der Waals surface area contributed by atoms with E-state index in [9.17, 15) is 9.59 Å². The molecule has 0 aliphatic heterocycles. The Labute approximate surface area is 157 Å². The Morgan fingerprint density at radius 2 is 1.81 bits per heavy atom. The highest BCUT2D eigenvalue weighted by molar-refractivity contribution is 5.94. The van der Waals surface area contributed by atoms with Crippen molar-refractivity contribution in [1.82, 2.24) is 25.0 Å². The molecule has 4 rings (SSSR count). The van der Waals surface area contributed by atoms with Gasteiger partial charge in [-0.3, -0.25) is 19.1 Å². The molecule has 2 aliphatic carbocycles. The monoisotopic (exact) mass is 369 g/mol. The maximum atomic E-state index is 12.4. The lowest BCUT2D eigenvalue weighted by Gasteiger charge is -2.42. The second-order valence-corrected chi connectivity index (χ2v) is 7.48. The van der Waals surface area contributed by atoms with E-state index in [0.29, 0.717) is 11.5 Å². The number of carbonyl (C=O) groups is 2. The van der Waals surface area contributed by atoms with Gasteiger partial charge in [-0.05, 0) is 55.9 Å². The van der Waals surface area contributed by atoms with Crippen LogP contribution in [-0.2, 0) is 4.79 Å². The number of amides is 1. The Balaban J connectivity index is 1.28. The molecule has 1 heterocycles. The Hall–Kier alpha value is -2.74. The van der Waals surface area contributed by atoms with Crippen LogP contribution in [0.15, 0.2) is 36.9 Å². The third-order valence-electron chi connectivity index (χ3n) is 5.34. The lowest BCUT2D eigenvalue weighted by molar-refractivity contribution is -0.139. The molecule has 0 radical (unpaired) electrons. The molecule has 0 spiro atoms. The van der Waals surface area contributed by atoms with Crippen LogP contribution in [0.25, 0.3) is 5.69 Å². The molecule has 142 valence electrons. The molecular weight excluding hydrogens is 346 g/mol. The molecular formula is C19H23N5O3. The van der Waals surface area contributed by atoms with Crippen LogP contribution >= 0.6 is 0 Å². The molecule has 8 heteroatoms. The van der Waals surface area contributed by atoms with Crippen molar-refractivity contribution < 1.29 is 14.7 Å². The highest BCUT2D eigenvalue weighted by atomic mass is 16.4. The fourth-order valence-corrected chi connectivity index (χ4v) is 3.54. The SMILES string of the molecule is O=C(O)CN(CC1CC1)C1CC(NC(=O)c2ccc(-n3cnnc3)cc2)C1. The molecule has 2 aromatic rings. The third-order valence-corrected chi connectivity index (χ3v) is 5.34. The van der Waals surface area contributed by atoms with Crippen molar-refractivity contribution in [3.63, 3.8) is 0 Å². The third kappa shape index (κ3) is 4.33. The van der Waals surface area contributed by atoms with Crippen molar-refractivity contribution in [1.29, 1.82) is 0 Å². The highest BCUT2D eigenvalue weighted by Crippen LogP contribution is 2.33. The van der Waals surface area contributed by atoms with Gasteiger partial charge in [0.15, 0.2) is 0 Å². The van der Waals surface area contributed by atoms with Crippen molar-refractivity contribution >= 4 is 11.9 Å². The Kier molecular flexibility index (Phi) is 4.89. The summed E-state index contributed by atoms with van der Waals surface area (Å²) >= 11 is 0. The van der Waals surface area contributed by atoms with E-state index in [1.807, 2.05) is 12.1 Å². The number of nitrogens with zero attached hydrogens (tertiary/aromatic N) is 4. The fourth-order valence-electron chi connectivity index (χ4n) is 3.54. The number of nitrogens with one attached hydrogen (secondary N) is 1. The maximum absolute atomic E-state index is 12.4. The summed E-state index contributed by atoms with van der Waals surface area (Å²) in [4.78, 5) is 25.6. The molecule has 2 aliphatic rings. The number of rotatable bonds is 8. The zero-order valence-corrected chi connectivity index (χ0v) is 15.0.